The van der Waals surface area contributed by atoms with E-state index in [2.05, 4.69) is 72.1 Å². The van der Waals surface area contributed by atoms with Crippen LogP contribution in [0.25, 0.3) is 5.57 Å². The Bertz CT molecular complexity index is 478. The number of benzene rings is 1. The molecule has 0 saturated carbocycles. The number of hydrogen-bond donors (Lipinski definition) is 0. The second-order valence-corrected chi connectivity index (χ2v) is 12.0. The first-order chi connectivity index (χ1) is 7.34. The van der Waals surface area contributed by atoms with Crippen LogP contribution in [0.3, 0.4) is 0 Å². The molecule has 0 heterocycles. The number of allylic oxidation sites excluding steroid dienone is 2. The normalized spacial score (nSPS) is 17.1. The van der Waals surface area contributed by atoms with Gasteiger partial charge in [-0.1, -0.05) is 0 Å². The molecule has 0 radical (unpaired) electrons. The van der Waals surface area contributed by atoms with Crippen molar-refractivity contribution in [1.82, 2.24) is 0 Å². The van der Waals surface area contributed by atoms with Crippen LogP contribution in [0.5, 0.6) is 0 Å². The van der Waals surface area contributed by atoms with Gasteiger partial charge >= 0.3 is 112 Å². The molecule has 1 unspecified atom stereocenters. The van der Waals surface area contributed by atoms with Crippen LogP contribution < -0.4 is 37.2 Å². The van der Waals surface area contributed by atoms with Gasteiger partial charge in [-0.15, -0.1) is 0 Å². The van der Waals surface area contributed by atoms with E-state index in [4.69, 9.17) is 0 Å². The van der Waals surface area contributed by atoms with E-state index in [-0.39, 0.29) is 37.2 Å². The summed E-state index contributed by atoms with van der Waals surface area (Å²) in [6.07, 6.45) is 0. The third-order valence-electron chi connectivity index (χ3n) is 3.55. The van der Waals surface area contributed by atoms with Gasteiger partial charge in [0.15, 0.2) is 0 Å². The van der Waals surface area contributed by atoms with Gasteiger partial charge in [0.1, 0.15) is 0 Å². The Morgan fingerprint density at radius 2 is 1.53 bits per heavy atom. The van der Waals surface area contributed by atoms with Gasteiger partial charge in [0.05, 0.1) is 0 Å². The molecule has 5 heteroatoms. The zero-order valence-corrected chi connectivity index (χ0v) is 16.8. The van der Waals surface area contributed by atoms with Gasteiger partial charge in [0.25, 0.3) is 0 Å². The summed E-state index contributed by atoms with van der Waals surface area (Å²) in [6, 6.07) is 6.79. The maximum Gasteiger partial charge on any atom is -1.00 e. The fraction of sp³-hybridized carbons (Fsp3) is 0.429. The minimum absolute atomic E-state index is 0. The summed E-state index contributed by atoms with van der Waals surface area (Å²) in [6.45, 7) is 12.0. The smallest absolute Gasteiger partial charge is 1.00 e. The summed E-state index contributed by atoms with van der Waals surface area (Å²) in [5.74, 6) is 0. The van der Waals surface area contributed by atoms with E-state index in [1.54, 1.807) is 9.44 Å². The predicted molar refractivity (Wildman–Crippen MR) is 69.9 cm³/mol. The van der Waals surface area contributed by atoms with Crippen molar-refractivity contribution >= 4 is 13.6 Å². The van der Waals surface area contributed by atoms with Gasteiger partial charge in [0.2, 0.25) is 0 Å². The number of halogens is 3. The summed E-state index contributed by atoms with van der Waals surface area (Å²) in [7, 11) is -1.16. The molecule has 0 fully saturated rings. The molecule has 0 amide bonds. The molecule has 0 nitrogen and oxygen atoms in total. The second-order valence-electron chi connectivity index (χ2n) is 5.88. The Labute approximate surface area is 148 Å². The maximum absolute atomic E-state index is 2.48. The zero-order valence-electron chi connectivity index (χ0n) is 11.9. The van der Waals surface area contributed by atoms with Gasteiger partial charge in [0, 0.05) is 0 Å². The molecule has 1 atom stereocenters. The Balaban J connectivity index is 0. The van der Waals surface area contributed by atoms with Crippen molar-refractivity contribution in [2.45, 2.75) is 39.0 Å². The van der Waals surface area contributed by atoms with Crippen molar-refractivity contribution < 1.29 is 57.7 Å². The predicted octanol–water partition coefficient (Wildman–Crippen LogP) is -4.74. The monoisotopic (exact) mass is 368 g/mol. The van der Waals surface area contributed by atoms with Crippen LogP contribution in [0.2, 0.25) is 19.6 Å². The standard InChI is InChI=1S/C14H19Si.3ClH.Ti/c1-10-7-6-8-12-13(15(3,4)5)9-11(2)14(10)12;;;;/h6-8,13H,1-5H3;3*1H;/q;;;;+3/p-3. The molecule has 104 valence electrons. The topological polar surface area (TPSA) is 0 Å². The van der Waals surface area contributed by atoms with Crippen molar-refractivity contribution in [1.29, 1.82) is 0 Å². The quantitative estimate of drug-likeness (QED) is 0.436. The Morgan fingerprint density at radius 1 is 1.00 bits per heavy atom. The van der Waals surface area contributed by atoms with Gasteiger partial charge in [-0.05, 0) is 0 Å². The van der Waals surface area contributed by atoms with Crippen molar-refractivity contribution in [2.75, 3.05) is 0 Å². The summed E-state index contributed by atoms with van der Waals surface area (Å²) >= 11 is 2.33. The van der Waals surface area contributed by atoms with Crippen LogP contribution >= 0.6 is 0 Å². The van der Waals surface area contributed by atoms with Crippen LogP contribution in [-0.2, 0) is 20.4 Å². The SMILES string of the molecule is CC1=[C]([Ti+3])C([Si](C)(C)C)c2cccc(C)c21.[Cl-].[Cl-].[Cl-]. The number of hydrogen-bond acceptors (Lipinski definition) is 0. The third kappa shape index (κ3) is 3.90. The van der Waals surface area contributed by atoms with Gasteiger partial charge in [-0.2, -0.15) is 0 Å². The maximum atomic E-state index is 2.48. The summed E-state index contributed by atoms with van der Waals surface area (Å²) < 4.78 is 1.61. The summed E-state index contributed by atoms with van der Waals surface area (Å²) in [5.41, 5.74) is 6.82. The van der Waals surface area contributed by atoms with Crippen LogP contribution in [0.1, 0.15) is 29.2 Å². The van der Waals surface area contributed by atoms with Gasteiger partial charge in [-0.25, -0.2) is 0 Å². The van der Waals surface area contributed by atoms with E-state index in [9.17, 15) is 0 Å². The minimum atomic E-state index is -1.16. The molecule has 0 N–H and O–H groups in total. The van der Waals surface area contributed by atoms with E-state index >= 15 is 0 Å². The molecule has 1 aromatic rings. The first-order valence-electron chi connectivity index (χ1n) is 5.86. The van der Waals surface area contributed by atoms with E-state index in [1.165, 1.54) is 16.7 Å². The van der Waals surface area contributed by atoms with E-state index in [0.29, 0.717) is 0 Å². The van der Waals surface area contributed by atoms with E-state index in [0.717, 1.165) is 5.54 Å². The molecule has 0 bridgehead atoms. The van der Waals surface area contributed by atoms with Crippen LogP contribution in [-0.4, -0.2) is 8.07 Å². The molecular weight excluding hydrogens is 350 g/mol. The molecule has 0 aliphatic heterocycles. The molecule has 0 aromatic heterocycles. The number of fused-ring (bicyclic) bond motifs is 1. The Kier molecular flexibility index (Phi) is 8.91. The largest absolute Gasteiger partial charge is 1.00 e. The molecule has 1 aliphatic rings. The molecule has 2 rings (SSSR count). The molecule has 1 aliphatic carbocycles. The Hall–Kier alpha value is 0.761. The Morgan fingerprint density at radius 3 is 2.00 bits per heavy atom. The third-order valence-corrected chi connectivity index (χ3v) is 7.37. The van der Waals surface area contributed by atoms with Crippen molar-refractivity contribution in [3.63, 3.8) is 0 Å². The van der Waals surface area contributed by atoms with Crippen molar-refractivity contribution in [2.24, 2.45) is 0 Å². The minimum Gasteiger partial charge on any atom is -1.00 e. The van der Waals surface area contributed by atoms with E-state index < -0.39 is 8.07 Å². The summed E-state index contributed by atoms with van der Waals surface area (Å²) in [4.78, 5) is 0. The molecule has 19 heavy (non-hydrogen) atoms. The zero-order chi connectivity index (χ0) is 12.1. The molecule has 1 aromatic carbocycles. The van der Waals surface area contributed by atoms with Gasteiger partial charge in [-0.3, -0.25) is 0 Å². The molecule has 0 spiro atoms. The van der Waals surface area contributed by atoms with Crippen molar-refractivity contribution in [3.8, 4) is 0 Å². The number of rotatable bonds is 1. The number of aryl methyl sites for hydroxylation is 1. The van der Waals surface area contributed by atoms with E-state index in [1.807, 2.05) is 0 Å². The average Bonchev–Trinajstić information content (AvgIpc) is 2.39. The second kappa shape index (κ2) is 7.68. The first-order valence-corrected chi connectivity index (χ1v) is 10.2. The van der Waals surface area contributed by atoms with Crippen LogP contribution in [0.4, 0.5) is 0 Å². The molecular formula is C14H19Cl3SiTi. The van der Waals surface area contributed by atoms with Crippen LogP contribution in [0.15, 0.2) is 22.1 Å². The summed E-state index contributed by atoms with van der Waals surface area (Å²) in [5, 5.41) is 0. The average molecular weight is 370 g/mol. The fourth-order valence-corrected chi connectivity index (χ4v) is 7.57. The fourth-order valence-electron chi connectivity index (χ4n) is 2.85. The molecule has 0 saturated heterocycles. The van der Waals surface area contributed by atoms with Crippen LogP contribution in [0, 0.1) is 6.92 Å². The van der Waals surface area contributed by atoms with Crippen molar-refractivity contribution in [3.05, 3.63) is 38.8 Å². The first kappa shape index (κ1) is 22.0. The van der Waals surface area contributed by atoms with Gasteiger partial charge < -0.3 is 37.2 Å².